The Balaban J connectivity index is 2.76. The van der Waals surface area contributed by atoms with Crippen molar-refractivity contribution in [2.75, 3.05) is 14.2 Å². The van der Waals surface area contributed by atoms with Crippen LogP contribution in [0.25, 0.3) is 10.9 Å². The maximum absolute atomic E-state index is 6.15. The van der Waals surface area contributed by atoms with Crippen LogP contribution in [0.3, 0.4) is 0 Å². The van der Waals surface area contributed by atoms with Crippen molar-refractivity contribution in [2.45, 2.75) is 6.54 Å². The second-order valence-corrected chi connectivity index (χ2v) is 3.76. The minimum absolute atomic E-state index is 0.442. The van der Waals surface area contributed by atoms with Gasteiger partial charge in [-0.05, 0) is 6.07 Å². The Hall–Kier alpha value is -1.39. The molecular formula is C11H13ClN2O2. The molecule has 2 aromatic rings. The van der Waals surface area contributed by atoms with Gasteiger partial charge in [0.2, 0.25) is 0 Å². The van der Waals surface area contributed by atoms with Crippen LogP contribution >= 0.6 is 11.6 Å². The summed E-state index contributed by atoms with van der Waals surface area (Å²) in [5.74, 6) is 1.18. The Morgan fingerprint density at radius 2 is 2.06 bits per heavy atom. The average molecular weight is 241 g/mol. The van der Waals surface area contributed by atoms with Crippen LogP contribution < -0.4 is 15.2 Å². The summed E-state index contributed by atoms with van der Waals surface area (Å²) in [5, 5.41) is 1.38. The monoisotopic (exact) mass is 240 g/mol. The number of rotatable bonds is 3. The van der Waals surface area contributed by atoms with Crippen molar-refractivity contribution in [1.29, 1.82) is 0 Å². The molecule has 0 amide bonds. The van der Waals surface area contributed by atoms with Gasteiger partial charge in [0.1, 0.15) is 10.8 Å². The molecule has 0 aliphatic rings. The van der Waals surface area contributed by atoms with Gasteiger partial charge in [0.25, 0.3) is 0 Å². The van der Waals surface area contributed by atoms with Crippen LogP contribution in [0.1, 0.15) is 5.69 Å². The molecule has 4 nitrogen and oxygen atoms in total. The highest BCUT2D eigenvalue weighted by molar-refractivity contribution is 6.34. The third-order valence-electron chi connectivity index (χ3n) is 2.48. The number of benzene rings is 1. The Kier molecular flexibility index (Phi) is 2.94. The number of nitrogens with one attached hydrogen (secondary N) is 1. The number of aromatic nitrogens is 1. The SMILES string of the molecule is COc1cc2[nH]c(CN)cc2c(OC)c1Cl. The van der Waals surface area contributed by atoms with Crippen LogP contribution in [0.2, 0.25) is 5.02 Å². The molecule has 86 valence electrons. The van der Waals surface area contributed by atoms with Gasteiger partial charge in [-0.2, -0.15) is 0 Å². The van der Waals surface area contributed by atoms with Crippen molar-refractivity contribution < 1.29 is 9.47 Å². The quantitative estimate of drug-likeness (QED) is 0.866. The summed E-state index contributed by atoms with van der Waals surface area (Å²) in [5.41, 5.74) is 7.41. The summed E-state index contributed by atoms with van der Waals surface area (Å²) in [6.45, 7) is 0.442. The lowest BCUT2D eigenvalue weighted by atomic mass is 10.2. The highest BCUT2D eigenvalue weighted by Gasteiger charge is 2.14. The fourth-order valence-electron chi connectivity index (χ4n) is 1.71. The molecule has 0 unspecified atom stereocenters. The molecule has 1 heterocycles. The van der Waals surface area contributed by atoms with Gasteiger partial charge in [-0.3, -0.25) is 0 Å². The molecule has 2 rings (SSSR count). The van der Waals surface area contributed by atoms with Gasteiger partial charge in [0.15, 0.2) is 5.75 Å². The molecule has 0 atom stereocenters. The molecule has 1 aromatic carbocycles. The summed E-state index contributed by atoms with van der Waals surface area (Å²) >= 11 is 6.15. The van der Waals surface area contributed by atoms with Crippen LogP contribution in [0.4, 0.5) is 0 Å². The standard InChI is InChI=1S/C11H13ClN2O2/c1-15-9-4-8-7(3-6(5-13)14-8)11(16-2)10(9)12/h3-4,14H,5,13H2,1-2H3. The van der Waals surface area contributed by atoms with E-state index in [0.717, 1.165) is 16.6 Å². The second-order valence-electron chi connectivity index (χ2n) is 3.39. The molecule has 0 fully saturated rings. The van der Waals surface area contributed by atoms with E-state index in [4.69, 9.17) is 26.8 Å². The Morgan fingerprint density at radius 1 is 1.31 bits per heavy atom. The molecule has 0 bridgehead atoms. The molecule has 0 saturated heterocycles. The van der Waals surface area contributed by atoms with Gasteiger partial charge < -0.3 is 20.2 Å². The smallest absolute Gasteiger partial charge is 0.150 e. The first kappa shape index (κ1) is 11.1. The van der Waals surface area contributed by atoms with E-state index in [2.05, 4.69) is 4.98 Å². The number of fused-ring (bicyclic) bond motifs is 1. The second kappa shape index (κ2) is 4.23. The molecular weight excluding hydrogens is 228 g/mol. The van der Waals surface area contributed by atoms with Crippen LogP contribution in [-0.2, 0) is 6.54 Å². The minimum Gasteiger partial charge on any atom is -0.495 e. The summed E-state index contributed by atoms with van der Waals surface area (Å²) in [7, 11) is 3.15. The molecule has 3 N–H and O–H groups in total. The normalized spacial score (nSPS) is 10.8. The van der Waals surface area contributed by atoms with E-state index in [1.54, 1.807) is 14.2 Å². The highest BCUT2D eigenvalue weighted by atomic mass is 35.5. The van der Waals surface area contributed by atoms with Gasteiger partial charge in [-0.25, -0.2) is 0 Å². The lowest BCUT2D eigenvalue weighted by Crippen LogP contribution is -1.94. The van der Waals surface area contributed by atoms with Gasteiger partial charge in [0, 0.05) is 23.7 Å². The fourth-order valence-corrected chi connectivity index (χ4v) is 2.02. The maximum atomic E-state index is 6.15. The van der Waals surface area contributed by atoms with E-state index in [9.17, 15) is 0 Å². The fraction of sp³-hybridized carbons (Fsp3) is 0.273. The molecule has 0 aliphatic heterocycles. The molecule has 16 heavy (non-hydrogen) atoms. The summed E-state index contributed by atoms with van der Waals surface area (Å²) < 4.78 is 10.5. The maximum Gasteiger partial charge on any atom is 0.150 e. The van der Waals surface area contributed by atoms with E-state index >= 15 is 0 Å². The first-order chi connectivity index (χ1) is 7.71. The van der Waals surface area contributed by atoms with Gasteiger partial charge in [0.05, 0.1) is 19.7 Å². The van der Waals surface area contributed by atoms with Crippen LogP contribution in [0.15, 0.2) is 12.1 Å². The van der Waals surface area contributed by atoms with Crippen molar-refractivity contribution in [3.63, 3.8) is 0 Å². The van der Waals surface area contributed by atoms with Crippen molar-refractivity contribution in [2.24, 2.45) is 5.73 Å². The van der Waals surface area contributed by atoms with E-state index in [0.29, 0.717) is 23.1 Å². The number of methoxy groups -OCH3 is 2. The Bertz CT molecular complexity index is 522. The molecule has 0 radical (unpaired) electrons. The summed E-state index contributed by atoms with van der Waals surface area (Å²) in [6.07, 6.45) is 0. The zero-order chi connectivity index (χ0) is 11.7. The zero-order valence-electron chi connectivity index (χ0n) is 9.13. The number of H-pyrrole nitrogens is 1. The van der Waals surface area contributed by atoms with E-state index in [1.807, 2.05) is 12.1 Å². The molecule has 5 heteroatoms. The highest BCUT2D eigenvalue weighted by Crippen LogP contribution is 2.40. The van der Waals surface area contributed by atoms with Crippen molar-refractivity contribution in [3.8, 4) is 11.5 Å². The first-order valence-electron chi connectivity index (χ1n) is 4.83. The van der Waals surface area contributed by atoms with Gasteiger partial charge >= 0.3 is 0 Å². The summed E-state index contributed by atoms with van der Waals surface area (Å²) in [6, 6.07) is 3.76. The number of halogens is 1. The van der Waals surface area contributed by atoms with Crippen LogP contribution in [-0.4, -0.2) is 19.2 Å². The number of ether oxygens (including phenoxy) is 2. The number of nitrogens with two attached hydrogens (primary N) is 1. The topological polar surface area (TPSA) is 60.3 Å². The minimum atomic E-state index is 0.442. The van der Waals surface area contributed by atoms with Crippen molar-refractivity contribution >= 4 is 22.5 Å². The molecule has 1 aromatic heterocycles. The average Bonchev–Trinajstić information content (AvgIpc) is 2.71. The lowest BCUT2D eigenvalue weighted by molar-refractivity contribution is 0.398. The van der Waals surface area contributed by atoms with Crippen LogP contribution in [0, 0.1) is 0 Å². The zero-order valence-corrected chi connectivity index (χ0v) is 9.89. The Morgan fingerprint density at radius 3 is 2.62 bits per heavy atom. The number of hydrogen-bond donors (Lipinski definition) is 2. The molecule has 0 saturated carbocycles. The van der Waals surface area contributed by atoms with E-state index in [-0.39, 0.29) is 0 Å². The third-order valence-corrected chi connectivity index (χ3v) is 2.84. The first-order valence-corrected chi connectivity index (χ1v) is 5.21. The largest absolute Gasteiger partial charge is 0.495 e. The van der Waals surface area contributed by atoms with Gasteiger partial charge in [-0.15, -0.1) is 0 Å². The van der Waals surface area contributed by atoms with Crippen molar-refractivity contribution in [1.82, 2.24) is 4.98 Å². The summed E-state index contributed by atoms with van der Waals surface area (Å²) in [4.78, 5) is 3.18. The van der Waals surface area contributed by atoms with Crippen molar-refractivity contribution in [3.05, 3.63) is 22.8 Å². The number of hydrogen-bond acceptors (Lipinski definition) is 3. The van der Waals surface area contributed by atoms with Gasteiger partial charge in [-0.1, -0.05) is 11.6 Å². The van der Waals surface area contributed by atoms with E-state index in [1.165, 1.54) is 0 Å². The molecule has 0 aliphatic carbocycles. The molecule has 0 spiro atoms. The third kappa shape index (κ3) is 1.60. The number of aromatic amines is 1. The predicted octanol–water partition coefficient (Wildman–Crippen LogP) is 2.30. The van der Waals surface area contributed by atoms with E-state index < -0.39 is 0 Å². The Labute approximate surface area is 98.3 Å². The van der Waals surface area contributed by atoms with Crippen LogP contribution in [0.5, 0.6) is 11.5 Å². The lowest BCUT2D eigenvalue weighted by Gasteiger charge is -2.08. The predicted molar refractivity (Wildman–Crippen MR) is 64.3 cm³/mol.